The third-order valence-corrected chi connectivity index (χ3v) is 4.17. The van der Waals surface area contributed by atoms with Crippen LogP contribution in [0.4, 0.5) is 11.6 Å². The number of anilines is 2. The van der Waals surface area contributed by atoms with Crippen LogP contribution < -0.4 is 16.0 Å². The second-order valence-electron chi connectivity index (χ2n) is 7.53. The highest BCUT2D eigenvalue weighted by atomic mass is 16.5. The Balaban J connectivity index is 1.64. The number of nitrogens with one attached hydrogen (secondary N) is 2. The minimum atomic E-state index is -0.155. The highest BCUT2D eigenvalue weighted by molar-refractivity contribution is 5.91. The van der Waals surface area contributed by atoms with Crippen LogP contribution in [0.25, 0.3) is 11.3 Å². The summed E-state index contributed by atoms with van der Waals surface area (Å²) in [5.41, 5.74) is 9.00. The van der Waals surface area contributed by atoms with Crippen molar-refractivity contribution < 1.29 is 14.3 Å². The van der Waals surface area contributed by atoms with Gasteiger partial charge in [0.05, 0.1) is 6.42 Å². The van der Waals surface area contributed by atoms with Crippen molar-refractivity contribution in [3.05, 3.63) is 53.5 Å². The number of rotatable bonds is 4. The molecular formula is C20H24N5O2+. The summed E-state index contributed by atoms with van der Waals surface area (Å²) in [7, 11) is 0. The van der Waals surface area contributed by atoms with E-state index < -0.39 is 0 Å². The van der Waals surface area contributed by atoms with Crippen LogP contribution in [0, 0.1) is 6.92 Å². The standard InChI is InChI=1S/C20H23N5O2/c1-12-19(21)22-11-15(23-12)14-7-5-13(6-8-14)9-18(26)24-17-10-16(27-25-17)20(2,3)4/h5-8,10-11H,9H2,1-4H3,(H2,21,22)(H,24,25,26)/p+1. The summed E-state index contributed by atoms with van der Waals surface area (Å²) in [6, 6.07) is 9.44. The van der Waals surface area contributed by atoms with Gasteiger partial charge in [-0.25, -0.2) is 9.97 Å². The molecule has 2 heterocycles. The minimum absolute atomic E-state index is 0.147. The van der Waals surface area contributed by atoms with E-state index >= 15 is 0 Å². The fourth-order valence-corrected chi connectivity index (χ4v) is 2.52. The zero-order valence-corrected chi connectivity index (χ0v) is 16.0. The molecule has 0 unspecified atom stereocenters. The van der Waals surface area contributed by atoms with E-state index in [1.807, 2.05) is 52.0 Å². The van der Waals surface area contributed by atoms with Crippen molar-refractivity contribution >= 4 is 17.5 Å². The van der Waals surface area contributed by atoms with E-state index in [2.05, 4.69) is 20.4 Å². The number of aryl methyl sites for hydroxylation is 1. The Bertz CT molecular complexity index is 955. The van der Waals surface area contributed by atoms with Crippen LogP contribution in [-0.4, -0.2) is 16.0 Å². The lowest BCUT2D eigenvalue weighted by molar-refractivity contribution is -0.360. The van der Waals surface area contributed by atoms with Crippen LogP contribution in [0.1, 0.15) is 37.8 Å². The Morgan fingerprint density at radius 1 is 1.26 bits per heavy atom. The fraction of sp³-hybridized carbons (Fsp3) is 0.300. The molecule has 0 aliphatic carbocycles. The molecule has 0 aliphatic rings. The summed E-state index contributed by atoms with van der Waals surface area (Å²) in [5.74, 6) is 1.56. The van der Waals surface area contributed by atoms with Gasteiger partial charge in [-0.3, -0.25) is 10.5 Å². The van der Waals surface area contributed by atoms with Gasteiger partial charge in [-0.1, -0.05) is 50.2 Å². The van der Waals surface area contributed by atoms with E-state index in [0.717, 1.165) is 28.3 Å². The Morgan fingerprint density at radius 2 is 1.96 bits per heavy atom. The normalized spacial score (nSPS) is 11.4. The molecule has 7 nitrogen and oxygen atoms in total. The lowest BCUT2D eigenvalue weighted by Gasteiger charge is -2.12. The molecule has 0 saturated heterocycles. The van der Waals surface area contributed by atoms with Crippen molar-refractivity contribution in [3.63, 3.8) is 0 Å². The second kappa shape index (κ2) is 7.19. The van der Waals surface area contributed by atoms with Gasteiger partial charge in [-0.15, -0.1) is 0 Å². The number of benzene rings is 1. The van der Waals surface area contributed by atoms with Gasteiger partial charge in [0.2, 0.25) is 5.91 Å². The number of H-pyrrole nitrogens is 1. The van der Waals surface area contributed by atoms with Gasteiger partial charge < -0.3 is 9.84 Å². The molecule has 27 heavy (non-hydrogen) atoms. The maximum Gasteiger partial charge on any atom is 0.291 e. The second-order valence-corrected chi connectivity index (χ2v) is 7.53. The molecule has 140 valence electrons. The molecule has 1 amide bonds. The third-order valence-electron chi connectivity index (χ3n) is 4.17. The topological polar surface area (TPSA) is 108 Å². The summed E-state index contributed by atoms with van der Waals surface area (Å²) in [6.07, 6.45) is 2.01. The molecule has 4 N–H and O–H groups in total. The van der Waals surface area contributed by atoms with E-state index in [0.29, 0.717) is 11.6 Å². The first-order chi connectivity index (χ1) is 12.7. The fourth-order valence-electron chi connectivity index (χ4n) is 2.52. The molecular weight excluding hydrogens is 342 g/mol. The molecule has 3 rings (SSSR count). The van der Waals surface area contributed by atoms with Gasteiger partial charge in [0.25, 0.3) is 5.82 Å². The van der Waals surface area contributed by atoms with Crippen LogP contribution in [0.3, 0.4) is 0 Å². The Hall–Kier alpha value is -3.22. The first-order valence-corrected chi connectivity index (χ1v) is 8.73. The van der Waals surface area contributed by atoms with Crippen LogP contribution in [0.2, 0.25) is 0 Å². The number of nitrogens with zero attached hydrogens (tertiary/aromatic N) is 2. The monoisotopic (exact) mass is 366 g/mol. The van der Waals surface area contributed by atoms with Gasteiger partial charge in [0, 0.05) is 17.0 Å². The maximum absolute atomic E-state index is 12.3. The van der Waals surface area contributed by atoms with Gasteiger partial charge in [0.15, 0.2) is 5.82 Å². The summed E-state index contributed by atoms with van der Waals surface area (Å²) in [4.78, 5) is 19.7. The summed E-state index contributed by atoms with van der Waals surface area (Å²) >= 11 is 0. The molecule has 7 heteroatoms. The van der Waals surface area contributed by atoms with Crippen LogP contribution in [0.5, 0.6) is 0 Å². The molecule has 0 fully saturated rings. The maximum atomic E-state index is 12.3. The molecule has 0 aliphatic heterocycles. The molecule has 0 spiro atoms. The third kappa shape index (κ3) is 4.49. The van der Waals surface area contributed by atoms with Crippen molar-refractivity contribution in [2.45, 2.75) is 39.5 Å². The molecule has 0 bridgehead atoms. The highest BCUT2D eigenvalue weighted by Gasteiger charge is 2.20. The summed E-state index contributed by atoms with van der Waals surface area (Å²) in [5, 5.41) is 6.67. The zero-order valence-electron chi connectivity index (χ0n) is 16.0. The van der Waals surface area contributed by atoms with Gasteiger partial charge in [-0.2, -0.15) is 0 Å². The predicted molar refractivity (Wildman–Crippen MR) is 103 cm³/mol. The van der Waals surface area contributed by atoms with E-state index in [9.17, 15) is 4.79 Å². The average Bonchev–Trinajstić information content (AvgIpc) is 3.07. The molecule has 0 radical (unpaired) electrons. The van der Waals surface area contributed by atoms with Gasteiger partial charge in [-0.05, 0) is 12.5 Å². The number of hydrogen-bond donors (Lipinski definition) is 2. The van der Waals surface area contributed by atoms with Crippen molar-refractivity contribution in [2.75, 3.05) is 11.1 Å². The predicted octanol–water partition coefficient (Wildman–Crippen LogP) is 2.92. The quantitative estimate of drug-likeness (QED) is 0.738. The molecule has 3 aromatic rings. The van der Waals surface area contributed by atoms with E-state index in [-0.39, 0.29) is 17.7 Å². The van der Waals surface area contributed by atoms with Gasteiger partial charge in [0.1, 0.15) is 23.3 Å². The van der Waals surface area contributed by atoms with Crippen molar-refractivity contribution in [1.29, 1.82) is 0 Å². The zero-order chi connectivity index (χ0) is 19.6. The van der Waals surface area contributed by atoms with Crippen molar-refractivity contribution in [3.8, 4) is 11.3 Å². The molecule has 0 saturated carbocycles. The largest absolute Gasteiger partial charge is 0.359 e. The number of nitrogen functional groups attached to an aromatic ring is 1. The number of amides is 1. The lowest BCUT2D eigenvalue weighted by Crippen LogP contribution is -2.15. The SMILES string of the molecule is Cc1nc(-c2ccc(CC(=O)Nc3cc(C(C)(C)C)on3)cc2)c[nH+]c1N. The smallest absolute Gasteiger partial charge is 0.291 e. The van der Waals surface area contributed by atoms with Gasteiger partial charge >= 0.3 is 0 Å². The Morgan fingerprint density at radius 3 is 2.56 bits per heavy atom. The minimum Gasteiger partial charge on any atom is -0.359 e. The summed E-state index contributed by atoms with van der Waals surface area (Å²) < 4.78 is 5.28. The number of hydrogen-bond acceptors (Lipinski definition) is 5. The number of nitrogens with two attached hydrogens (primary N) is 1. The van der Waals surface area contributed by atoms with E-state index in [1.165, 1.54) is 0 Å². The van der Waals surface area contributed by atoms with Crippen LogP contribution in [0.15, 0.2) is 41.1 Å². The number of aromatic nitrogens is 3. The highest BCUT2D eigenvalue weighted by Crippen LogP contribution is 2.24. The summed E-state index contributed by atoms with van der Waals surface area (Å²) in [6.45, 7) is 7.92. The van der Waals surface area contributed by atoms with Crippen molar-refractivity contribution in [1.82, 2.24) is 10.1 Å². The Labute approximate surface area is 158 Å². The first kappa shape index (κ1) is 18.6. The average molecular weight is 366 g/mol. The van der Waals surface area contributed by atoms with E-state index in [1.54, 1.807) is 12.3 Å². The molecule has 2 aromatic heterocycles. The van der Waals surface area contributed by atoms with Crippen molar-refractivity contribution in [2.24, 2.45) is 0 Å². The van der Waals surface area contributed by atoms with Crippen LogP contribution in [-0.2, 0) is 16.6 Å². The van der Waals surface area contributed by atoms with Crippen LogP contribution >= 0.6 is 0 Å². The molecule has 1 aromatic carbocycles. The number of carbonyl (C=O) groups excluding carboxylic acids is 1. The Kier molecular flexibility index (Phi) is 4.94. The number of aromatic amines is 1. The molecule has 0 atom stereocenters. The van der Waals surface area contributed by atoms with E-state index in [4.69, 9.17) is 10.3 Å². The lowest BCUT2D eigenvalue weighted by atomic mass is 9.93. The first-order valence-electron chi connectivity index (χ1n) is 8.73. The number of carbonyl (C=O) groups is 1.